The first-order chi connectivity index (χ1) is 18.2. The molecule has 5 aromatic rings. The molecule has 192 valence electrons. The molecule has 0 aliphatic rings. The van der Waals surface area contributed by atoms with Gasteiger partial charge >= 0.3 is 6.18 Å². The highest BCUT2D eigenvalue weighted by atomic mass is 19.4. The molecule has 0 radical (unpaired) electrons. The molecule has 1 amide bonds. The molecule has 6 nitrogen and oxygen atoms in total. The summed E-state index contributed by atoms with van der Waals surface area (Å²) in [5.74, 6) is -1.14. The summed E-state index contributed by atoms with van der Waals surface area (Å²) in [5.41, 5.74) is 3.57. The van der Waals surface area contributed by atoms with Crippen molar-refractivity contribution < 1.29 is 22.4 Å². The van der Waals surface area contributed by atoms with Crippen LogP contribution in [0.5, 0.6) is 0 Å². The smallest absolute Gasteiger partial charge is 0.339 e. The lowest BCUT2D eigenvalue weighted by atomic mass is 10.0. The third kappa shape index (κ3) is 5.39. The Bertz CT molecular complexity index is 1630. The van der Waals surface area contributed by atoms with Crippen LogP contribution in [-0.4, -0.2) is 25.8 Å². The molecule has 10 heteroatoms. The van der Waals surface area contributed by atoms with E-state index in [-0.39, 0.29) is 12.1 Å². The summed E-state index contributed by atoms with van der Waals surface area (Å²) in [6.45, 7) is 2.04. The monoisotopic (exact) mass is 519 g/mol. The van der Waals surface area contributed by atoms with Crippen molar-refractivity contribution >= 4 is 22.6 Å². The Morgan fingerprint density at radius 1 is 0.947 bits per heavy atom. The second kappa shape index (κ2) is 10.0. The first-order valence-corrected chi connectivity index (χ1v) is 11.7. The average Bonchev–Trinajstić information content (AvgIpc) is 3.32. The number of halogens is 4. The Kier molecular flexibility index (Phi) is 6.62. The van der Waals surface area contributed by atoms with E-state index >= 15 is 4.39 Å². The summed E-state index contributed by atoms with van der Waals surface area (Å²) in [6.07, 6.45) is 1.18. The van der Waals surface area contributed by atoms with E-state index in [4.69, 9.17) is 0 Å². The lowest BCUT2D eigenvalue weighted by molar-refractivity contribution is -0.137. The summed E-state index contributed by atoms with van der Waals surface area (Å²) in [5, 5.41) is 3.17. The van der Waals surface area contributed by atoms with Crippen LogP contribution in [-0.2, 0) is 23.8 Å². The van der Waals surface area contributed by atoms with Gasteiger partial charge in [-0.15, -0.1) is 0 Å². The molecule has 4 heterocycles. The number of carbonyl (C=O) groups is 1. The van der Waals surface area contributed by atoms with Crippen LogP contribution in [0.1, 0.15) is 23.7 Å². The Hall–Kier alpha value is -4.60. The largest absolute Gasteiger partial charge is 0.417 e. The van der Waals surface area contributed by atoms with Gasteiger partial charge in [0.25, 0.3) is 0 Å². The van der Waals surface area contributed by atoms with Crippen molar-refractivity contribution in [2.75, 3.05) is 5.32 Å². The zero-order chi connectivity index (χ0) is 26.9. The molecule has 0 spiro atoms. The predicted octanol–water partition coefficient (Wildman–Crippen LogP) is 6.59. The minimum absolute atomic E-state index is 0.0933. The van der Waals surface area contributed by atoms with Gasteiger partial charge < -0.3 is 10.3 Å². The SMILES string of the molecule is CCc1ccc(-c2cc3cc(-c4ccc(CC(=O)Nc5cncc(C(F)(F)F)c5)cc4F)cnc3[nH]2)cn1. The number of nitrogens with zero attached hydrogens (tertiary/aromatic N) is 3. The molecular formula is C28H21F4N5O. The summed E-state index contributed by atoms with van der Waals surface area (Å²) >= 11 is 0. The van der Waals surface area contributed by atoms with Gasteiger partial charge in [-0.1, -0.05) is 19.1 Å². The summed E-state index contributed by atoms with van der Waals surface area (Å²) in [6, 6.07) is 12.9. The highest BCUT2D eigenvalue weighted by Crippen LogP contribution is 2.31. The van der Waals surface area contributed by atoms with Gasteiger partial charge in [-0.05, 0) is 48.4 Å². The van der Waals surface area contributed by atoms with Gasteiger partial charge in [-0.25, -0.2) is 9.37 Å². The first kappa shape index (κ1) is 25.1. The number of fused-ring (bicyclic) bond motifs is 1. The third-order valence-electron chi connectivity index (χ3n) is 6.03. The fourth-order valence-electron chi connectivity index (χ4n) is 4.07. The van der Waals surface area contributed by atoms with Crippen molar-refractivity contribution in [3.63, 3.8) is 0 Å². The molecule has 5 rings (SSSR count). The molecule has 4 aromatic heterocycles. The molecule has 0 aliphatic carbocycles. The number of anilines is 1. The van der Waals surface area contributed by atoms with E-state index in [9.17, 15) is 18.0 Å². The van der Waals surface area contributed by atoms with Crippen molar-refractivity contribution in [1.82, 2.24) is 19.9 Å². The van der Waals surface area contributed by atoms with Crippen molar-refractivity contribution in [2.45, 2.75) is 25.9 Å². The van der Waals surface area contributed by atoms with E-state index in [1.54, 1.807) is 24.5 Å². The average molecular weight is 520 g/mol. The number of H-pyrrole nitrogens is 1. The molecule has 0 aliphatic heterocycles. The van der Waals surface area contributed by atoms with Gasteiger partial charge in [0.1, 0.15) is 11.5 Å². The number of carbonyl (C=O) groups excluding carboxylic acids is 1. The van der Waals surface area contributed by atoms with E-state index in [1.807, 2.05) is 31.2 Å². The maximum Gasteiger partial charge on any atom is 0.417 e. The normalized spacial score (nSPS) is 11.6. The van der Waals surface area contributed by atoms with Crippen LogP contribution in [0.3, 0.4) is 0 Å². The van der Waals surface area contributed by atoms with Crippen molar-refractivity contribution in [3.8, 4) is 22.4 Å². The van der Waals surface area contributed by atoms with E-state index in [0.29, 0.717) is 28.5 Å². The van der Waals surface area contributed by atoms with Crippen LogP contribution in [0.15, 0.2) is 73.3 Å². The van der Waals surface area contributed by atoms with E-state index in [0.717, 1.165) is 41.0 Å². The lowest BCUT2D eigenvalue weighted by Gasteiger charge is -2.10. The zero-order valence-electron chi connectivity index (χ0n) is 20.1. The summed E-state index contributed by atoms with van der Waals surface area (Å²) in [7, 11) is 0. The molecule has 1 aromatic carbocycles. The van der Waals surface area contributed by atoms with Crippen LogP contribution in [0.4, 0.5) is 23.2 Å². The standard InChI is InChI=1S/C28H21F4N5O/c1-2-21-5-4-17(12-34-21)25-10-18-9-19(13-35-27(18)37-25)23-6-3-16(7-24(23)29)8-26(38)36-22-11-20(14-33-15-22)28(30,31)32/h3-7,9-15H,2,8H2,1H3,(H,35,37)(H,36,38). The van der Waals surface area contributed by atoms with Crippen LogP contribution in [0, 0.1) is 5.82 Å². The number of rotatable bonds is 6. The van der Waals surface area contributed by atoms with Gasteiger partial charge in [-0.3, -0.25) is 14.8 Å². The maximum atomic E-state index is 15.0. The number of amides is 1. The highest BCUT2D eigenvalue weighted by Gasteiger charge is 2.31. The van der Waals surface area contributed by atoms with Crippen molar-refractivity contribution in [3.05, 3.63) is 96.0 Å². The lowest BCUT2D eigenvalue weighted by Crippen LogP contribution is -2.15. The van der Waals surface area contributed by atoms with E-state index in [1.165, 1.54) is 6.07 Å². The molecular weight excluding hydrogens is 498 g/mol. The number of benzene rings is 1. The minimum Gasteiger partial charge on any atom is -0.339 e. The molecule has 0 atom stereocenters. The second-order valence-electron chi connectivity index (χ2n) is 8.74. The Morgan fingerprint density at radius 2 is 1.76 bits per heavy atom. The van der Waals surface area contributed by atoms with E-state index < -0.39 is 23.5 Å². The third-order valence-corrected chi connectivity index (χ3v) is 6.03. The minimum atomic E-state index is -4.58. The molecule has 0 bridgehead atoms. The van der Waals surface area contributed by atoms with Crippen LogP contribution >= 0.6 is 0 Å². The molecule has 2 N–H and O–H groups in total. The highest BCUT2D eigenvalue weighted by molar-refractivity contribution is 5.92. The molecule has 0 saturated heterocycles. The van der Waals surface area contributed by atoms with Gasteiger partial charge in [0.05, 0.1) is 23.9 Å². The van der Waals surface area contributed by atoms with Crippen molar-refractivity contribution in [2.24, 2.45) is 0 Å². The number of alkyl halides is 3. The van der Waals surface area contributed by atoms with Gasteiger partial charge in [-0.2, -0.15) is 13.2 Å². The first-order valence-electron chi connectivity index (χ1n) is 11.7. The summed E-state index contributed by atoms with van der Waals surface area (Å²) < 4.78 is 53.6. The molecule has 0 fully saturated rings. The van der Waals surface area contributed by atoms with Crippen LogP contribution in [0.25, 0.3) is 33.4 Å². The van der Waals surface area contributed by atoms with Gasteiger partial charge in [0, 0.05) is 52.1 Å². The fraction of sp³-hybridized carbons (Fsp3) is 0.143. The van der Waals surface area contributed by atoms with Crippen LogP contribution < -0.4 is 5.32 Å². The number of aryl methyl sites for hydroxylation is 1. The Labute approximate surface area is 214 Å². The van der Waals surface area contributed by atoms with E-state index in [2.05, 4.69) is 25.3 Å². The van der Waals surface area contributed by atoms with Gasteiger partial charge in [0.2, 0.25) is 5.91 Å². The fourth-order valence-corrected chi connectivity index (χ4v) is 4.07. The quantitative estimate of drug-likeness (QED) is 0.248. The van der Waals surface area contributed by atoms with Crippen LogP contribution in [0.2, 0.25) is 0 Å². The number of hydrogen-bond acceptors (Lipinski definition) is 4. The number of pyridine rings is 3. The number of nitrogens with one attached hydrogen (secondary N) is 2. The Balaban J connectivity index is 1.32. The number of hydrogen-bond donors (Lipinski definition) is 2. The van der Waals surface area contributed by atoms with Crippen molar-refractivity contribution in [1.29, 1.82) is 0 Å². The molecule has 0 saturated carbocycles. The van der Waals surface area contributed by atoms with Gasteiger partial charge in [0.15, 0.2) is 0 Å². The number of aromatic amines is 1. The topological polar surface area (TPSA) is 83.6 Å². The second-order valence-corrected chi connectivity index (χ2v) is 8.74. The molecule has 0 unspecified atom stereocenters. The molecule has 38 heavy (non-hydrogen) atoms. The Morgan fingerprint density at radius 3 is 2.47 bits per heavy atom. The predicted molar refractivity (Wildman–Crippen MR) is 136 cm³/mol. The maximum absolute atomic E-state index is 15.0. The number of aromatic nitrogens is 4. The zero-order valence-corrected chi connectivity index (χ0v) is 20.1. The summed E-state index contributed by atoms with van der Waals surface area (Å²) in [4.78, 5) is 28.0.